The number of nitrogens with zero attached hydrogens (tertiary/aromatic N) is 4. The number of aryl methyl sites for hydroxylation is 3. The van der Waals surface area contributed by atoms with Gasteiger partial charge in [-0.1, -0.05) is 5.16 Å². The van der Waals surface area contributed by atoms with Gasteiger partial charge in [-0.25, -0.2) is 0 Å². The predicted molar refractivity (Wildman–Crippen MR) is 109 cm³/mol. The first-order valence-electron chi connectivity index (χ1n) is 10.1. The van der Waals surface area contributed by atoms with Gasteiger partial charge in [0.25, 0.3) is 5.91 Å². The molecule has 0 N–H and O–H groups in total. The van der Waals surface area contributed by atoms with Gasteiger partial charge in [-0.2, -0.15) is 0 Å². The van der Waals surface area contributed by atoms with E-state index in [-0.39, 0.29) is 5.91 Å². The molecule has 1 saturated heterocycles. The molecule has 7 nitrogen and oxygen atoms in total. The van der Waals surface area contributed by atoms with Crippen molar-refractivity contribution in [2.75, 3.05) is 26.2 Å². The number of carbonyl (C=O) groups is 1. The minimum atomic E-state index is 0.112. The molecule has 1 aliphatic rings. The van der Waals surface area contributed by atoms with E-state index in [0.29, 0.717) is 6.54 Å². The van der Waals surface area contributed by atoms with Crippen LogP contribution in [0.3, 0.4) is 0 Å². The summed E-state index contributed by atoms with van der Waals surface area (Å²) in [4.78, 5) is 17.5. The van der Waals surface area contributed by atoms with Gasteiger partial charge in [0.05, 0.1) is 24.1 Å². The second-order valence-corrected chi connectivity index (χ2v) is 7.82. The molecule has 0 radical (unpaired) electrons. The van der Waals surface area contributed by atoms with Crippen LogP contribution in [0.1, 0.15) is 44.5 Å². The zero-order chi connectivity index (χ0) is 20.5. The first kappa shape index (κ1) is 19.5. The molecule has 0 aromatic carbocycles. The van der Waals surface area contributed by atoms with Crippen LogP contribution < -0.4 is 0 Å². The standard InChI is InChI=1S/C22H28N4O3/c1-15-12-20(17(3)26(15)13-19-6-5-11-28-19)22(27)25-9-7-24(8-10-25)14-21-16(2)23-29-18(21)4/h5-6,11-12H,7-10,13-14H2,1-4H3. The largest absolute Gasteiger partial charge is 0.467 e. The van der Waals surface area contributed by atoms with Crippen LogP contribution in [0.25, 0.3) is 0 Å². The average molecular weight is 396 g/mol. The number of rotatable bonds is 5. The van der Waals surface area contributed by atoms with Crippen LogP contribution in [0, 0.1) is 27.7 Å². The van der Waals surface area contributed by atoms with Crippen LogP contribution in [0.15, 0.2) is 33.4 Å². The Bertz CT molecular complexity index is 972. The van der Waals surface area contributed by atoms with Gasteiger partial charge in [0.2, 0.25) is 0 Å². The Morgan fingerprint density at radius 3 is 2.48 bits per heavy atom. The Kier molecular flexibility index (Phi) is 5.32. The molecule has 4 heterocycles. The van der Waals surface area contributed by atoms with Crippen molar-refractivity contribution in [1.29, 1.82) is 0 Å². The SMILES string of the molecule is Cc1noc(C)c1CN1CCN(C(=O)c2cc(C)n(Cc3ccco3)c2C)CC1. The van der Waals surface area contributed by atoms with Crippen LogP contribution in [0.4, 0.5) is 0 Å². The number of carbonyl (C=O) groups excluding carboxylic acids is 1. The van der Waals surface area contributed by atoms with E-state index in [4.69, 9.17) is 8.94 Å². The molecular weight excluding hydrogens is 368 g/mol. The molecule has 1 fully saturated rings. The maximum absolute atomic E-state index is 13.2. The number of piperazine rings is 1. The molecule has 154 valence electrons. The van der Waals surface area contributed by atoms with Crippen molar-refractivity contribution in [2.45, 2.75) is 40.8 Å². The topological polar surface area (TPSA) is 67.7 Å². The Morgan fingerprint density at radius 2 is 1.86 bits per heavy atom. The highest BCUT2D eigenvalue weighted by Crippen LogP contribution is 2.21. The summed E-state index contributed by atoms with van der Waals surface area (Å²) in [5.74, 6) is 1.88. The monoisotopic (exact) mass is 396 g/mol. The lowest BCUT2D eigenvalue weighted by Crippen LogP contribution is -2.48. The summed E-state index contributed by atoms with van der Waals surface area (Å²) in [7, 11) is 0. The van der Waals surface area contributed by atoms with E-state index in [0.717, 1.165) is 72.5 Å². The van der Waals surface area contributed by atoms with Crippen molar-refractivity contribution < 1.29 is 13.7 Å². The molecule has 29 heavy (non-hydrogen) atoms. The van der Waals surface area contributed by atoms with Crippen molar-refractivity contribution in [3.8, 4) is 0 Å². The van der Waals surface area contributed by atoms with E-state index in [9.17, 15) is 4.79 Å². The first-order valence-corrected chi connectivity index (χ1v) is 10.1. The van der Waals surface area contributed by atoms with E-state index in [1.165, 1.54) is 0 Å². The molecule has 0 unspecified atom stereocenters. The zero-order valence-corrected chi connectivity index (χ0v) is 17.6. The Hall–Kier alpha value is -2.80. The number of hydrogen-bond acceptors (Lipinski definition) is 5. The van der Waals surface area contributed by atoms with Gasteiger partial charge < -0.3 is 18.4 Å². The van der Waals surface area contributed by atoms with Gasteiger partial charge in [-0.3, -0.25) is 9.69 Å². The second-order valence-electron chi connectivity index (χ2n) is 7.82. The lowest BCUT2D eigenvalue weighted by Gasteiger charge is -2.34. The Morgan fingerprint density at radius 1 is 1.10 bits per heavy atom. The quantitative estimate of drug-likeness (QED) is 0.662. The predicted octanol–water partition coefficient (Wildman–Crippen LogP) is 3.31. The lowest BCUT2D eigenvalue weighted by molar-refractivity contribution is 0.0626. The molecule has 0 aliphatic carbocycles. The number of aromatic nitrogens is 2. The zero-order valence-electron chi connectivity index (χ0n) is 17.6. The minimum Gasteiger partial charge on any atom is -0.467 e. The summed E-state index contributed by atoms with van der Waals surface area (Å²) < 4.78 is 12.9. The molecule has 1 aliphatic heterocycles. The molecule has 4 rings (SSSR count). The van der Waals surface area contributed by atoms with Gasteiger partial charge in [-0.05, 0) is 45.9 Å². The van der Waals surface area contributed by atoms with Crippen molar-refractivity contribution in [2.24, 2.45) is 0 Å². The van der Waals surface area contributed by atoms with Crippen molar-refractivity contribution in [3.05, 3.63) is 64.2 Å². The Balaban J connectivity index is 1.41. The third kappa shape index (κ3) is 3.87. The highest BCUT2D eigenvalue weighted by molar-refractivity contribution is 5.95. The van der Waals surface area contributed by atoms with Gasteiger partial charge in [0, 0.05) is 49.7 Å². The average Bonchev–Trinajstić information content (AvgIpc) is 3.41. The minimum absolute atomic E-state index is 0.112. The molecule has 3 aromatic heterocycles. The van der Waals surface area contributed by atoms with Crippen molar-refractivity contribution in [3.63, 3.8) is 0 Å². The van der Waals surface area contributed by atoms with Crippen LogP contribution in [0.2, 0.25) is 0 Å². The van der Waals surface area contributed by atoms with Gasteiger partial charge in [0.1, 0.15) is 11.5 Å². The van der Waals surface area contributed by atoms with Crippen LogP contribution in [-0.4, -0.2) is 51.6 Å². The highest BCUT2D eigenvalue weighted by Gasteiger charge is 2.26. The summed E-state index contributed by atoms with van der Waals surface area (Å²) in [5, 5.41) is 4.04. The fraction of sp³-hybridized carbons (Fsp3) is 0.455. The van der Waals surface area contributed by atoms with Gasteiger partial charge in [0.15, 0.2) is 0 Å². The summed E-state index contributed by atoms with van der Waals surface area (Å²) in [6.07, 6.45) is 1.68. The normalized spacial score (nSPS) is 15.2. The maximum Gasteiger partial charge on any atom is 0.255 e. The molecule has 0 bridgehead atoms. The lowest BCUT2D eigenvalue weighted by atomic mass is 10.1. The van der Waals surface area contributed by atoms with E-state index >= 15 is 0 Å². The number of furan rings is 1. The van der Waals surface area contributed by atoms with E-state index in [1.807, 2.05) is 50.8 Å². The summed E-state index contributed by atoms with van der Waals surface area (Å²) in [6, 6.07) is 5.84. The maximum atomic E-state index is 13.2. The van der Waals surface area contributed by atoms with E-state index in [1.54, 1.807) is 6.26 Å². The van der Waals surface area contributed by atoms with E-state index in [2.05, 4.69) is 14.6 Å². The smallest absolute Gasteiger partial charge is 0.255 e. The van der Waals surface area contributed by atoms with Gasteiger partial charge in [-0.15, -0.1) is 0 Å². The molecule has 7 heteroatoms. The van der Waals surface area contributed by atoms with Crippen LogP contribution in [-0.2, 0) is 13.1 Å². The van der Waals surface area contributed by atoms with E-state index < -0.39 is 0 Å². The summed E-state index contributed by atoms with van der Waals surface area (Å²) >= 11 is 0. The summed E-state index contributed by atoms with van der Waals surface area (Å²) in [6.45, 7) is 12.6. The van der Waals surface area contributed by atoms with Crippen LogP contribution in [0.5, 0.6) is 0 Å². The van der Waals surface area contributed by atoms with Crippen LogP contribution >= 0.6 is 0 Å². The third-order valence-corrected chi connectivity index (χ3v) is 5.92. The van der Waals surface area contributed by atoms with Gasteiger partial charge >= 0.3 is 0 Å². The summed E-state index contributed by atoms with van der Waals surface area (Å²) in [5.41, 5.74) is 4.95. The number of hydrogen-bond donors (Lipinski definition) is 0. The second kappa shape index (κ2) is 7.91. The molecule has 1 amide bonds. The number of amides is 1. The molecule has 0 atom stereocenters. The first-order chi connectivity index (χ1) is 13.9. The molecule has 3 aromatic rings. The molecule has 0 saturated carbocycles. The Labute approximate surface area is 170 Å². The molecular formula is C22H28N4O3. The fourth-order valence-electron chi connectivity index (χ4n) is 4.05. The third-order valence-electron chi connectivity index (χ3n) is 5.92. The fourth-order valence-corrected chi connectivity index (χ4v) is 4.05. The molecule has 0 spiro atoms. The van der Waals surface area contributed by atoms with Crippen molar-refractivity contribution >= 4 is 5.91 Å². The highest BCUT2D eigenvalue weighted by atomic mass is 16.5. The van der Waals surface area contributed by atoms with Crippen molar-refractivity contribution in [1.82, 2.24) is 19.5 Å².